The Morgan fingerprint density at radius 3 is 2.73 bits per heavy atom. The number of nitrogens with zero attached hydrogens (tertiary/aromatic N) is 2. The lowest BCUT2D eigenvalue weighted by Gasteiger charge is -2.40. The van der Waals surface area contributed by atoms with Crippen LogP contribution in [0.4, 0.5) is 11.4 Å². The van der Waals surface area contributed by atoms with E-state index in [4.69, 9.17) is 11.6 Å². The summed E-state index contributed by atoms with van der Waals surface area (Å²) in [5.41, 5.74) is 6.25. The number of carbonyl (C=O) groups excluding carboxylic acids is 1. The molecule has 0 atom stereocenters. The molecule has 2 aromatic carbocycles. The third kappa shape index (κ3) is 3.80. The van der Waals surface area contributed by atoms with Crippen LogP contribution in [-0.2, 0) is 4.79 Å². The van der Waals surface area contributed by atoms with Crippen LogP contribution in [0.1, 0.15) is 37.5 Å². The van der Waals surface area contributed by atoms with Gasteiger partial charge in [-0.1, -0.05) is 29.8 Å². The molecule has 0 spiro atoms. The number of thioether (sulfide) groups is 1. The number of hydrogen-bond acceptors (Lipinski definition) is 4. The Kier molecular flexibility index (Phi) is 5.28. The van der Waals surface area contributed by atoms with Gasteiger partial charge in [-0.2, -0.15) is 0 Å². The van der Waals surface area contributed by atoms with Gasteiger partial charge < -0.3 is 10.2 Å². The van der Waals surface area contributed by atoms with Gasteiger partial charge in [0.2, 0.25) is 0 Å². The zero-order chi connectivity index (χ0) is 21.6. The lowest BCUT2D eigenvalue weighted by Crippen LogP contribution is -2.42. The van der Waals surface area contributed by atoms with Crippen molar-refractivity contribution in [1.82, 2.24) is 5.32 Å². The summed E-state index contributed by atoms with van der Waals surface area (Å²) in [6.45, 7) is 8.47. The first-order valence-electron chi connectivity index (χ1n) is 9.78. The van der Waals surface area contributed by atoms with Crippen molar-refractivity contribution < 1.29 is 4.79 Å². The van der Waals surface area contributed by atoms with Crippen LogP contribution < -0.4 is 10.2 Å². The smallest absolute Gasteiger partial charge is 0.264 e. The zero-order valence-corrected chi connectivity index (χ0v) is 19.3. The summed E-state index contributed by atoms with van der Waals surface area (Å²) < 4.78 is 0. The fraction of sp³-hybridized carbons (Fsp3) is 0.250. The quantitative estimate of drug-likeness (QED) is 0.571. The van der Waals surface area contributed by atoms with Gasteiger partial charge in [-0.25, -0.2) is 4.99 Å². The first-order chi connectivity index (χ1) is 14.2. The highest BCUT2D eigenvalue weighted by atomic mass is 35.5. The van der Waals surface area contributed by atoms with Crippen LogP contribution in [0.15, 0.2) is 52.4 Å². The Morgan fingerprint density at radius 1 is 1.20 bits per heavy atom. The molecule has 0 aliphatic carbocycles. The van der Waals surface area contributed by atoms with Gasteiger partial charge in [0.25, 0.3) is 5.91 Å². The first kappa shape index (κ1) is 20.8. The molecule has 0 aromatic heterocycles. The number of amidine groups is 1. The fourth-order valence-electron chi connectivity index (χ4n) is 3.73. The second kappa shape index (κ2) is 7.64. The second-order valence-corrected chi connectivity index (χ2v) is 9.62. The molecule has 2 aliphatic rings. The summed E-state index contributed by atoms with van der Waals surface area (Å²) in [6, 6.07) is 11.9. The lowest BCUT2D eigenvalue weighted by atomic mass is 9.88. The van der Waals surface area contributed by atoms with E-state index in [1.54, 1.807) is 0 Å². The molecular formula is C24H24ClN3OS. The normalized spacial score (nSPS) is 20.4. The molecule has 6 heteroatoms. The number of benzene rings is 2. The van der Waals surface area contributed by atoms with Crippen LogP contribution in [0, 0.1) is 6.92 Å². The van der Waals surface area contributed by atoms with Gasteiger partial charge in [0, 0.05) is 23.3 Å². The number of anilines is 1. The molecule has 0 saturated carbocycles. The topological polar surface area (TPSA) is 44.7 Å². The van der Waals surface area contributed by atoms with Crippen molar-refractivity contribution in [3.63, 3.8) is 0 Å². The van der Waals surface area contributed by atoms with Crippen molar-refractivity contribution >= 4 is 57.5 Å². The van der Waals surface area contributed by atoms with E-state index in [0.29, 0.717) is 15.1 Å². The average molecular weight is 438 g/mol. The maximum Gasteiger partial charge on any atom is 0.264 e. The number of nitrogens with one attached hydrogen (secondary N) is 1. The summed E-state index contributed by atoms with van der Waals surface area (Å²) in [5.74, 6) is -0.137. The van der Waals surface area contributed by atoms with E-state index in [2.05, 4.69) is 67.3 Å². The summed E-state index contributed by atoms with van der Waals surface area (Å²) in [5, 5.41) is 4.07. The number of fused-ring (bicyclic) bond motifs is 1. The summed E-state index contributed by atoms with van der Waals surface area (Å²) in [4.78, 5) is 20.0. The van der Waals surface area contributed by atoms with E-state index in [1.807, 2.05) is 31.2 Å². The molecule has 0 radical (unpaired) electrons. The molecule has 1 fully saturated rings. The van der Waals surface area contributed by atoms with E-state index in [0.717, 1.165) is 16.8 Å². The van der Waals surface area contributed by atoms with Crippen LogP contribution in [0.25, 0.3) is 11.6 Å². The molecule has 4 nitrogen and oxygen atoms in total. The van der Waals surface area contributed by atoms with Gasteiger partial charge >= 0.3 is 0 Å². The molecule has 154 valence electrons. The molecular weight excluding hydrogens is 414 g/mol. The largest absolute Gasteiger partial charge is 0.366 e. The standard InChI is InChI=1S/C24H24ClN3OS/c1-14-13-24(3,4)28(5)20-10-9-16(11-17(14)20)12-21-22(29)27-23(30-21)26-19-8-6-7-18(25)15(19)2/h6-13H,1-5H3,(H,26,27,29)/b21-12+. The van der Waals surface area contributed by atoms with E-state index in [1.165, 1.54) is 28.6 Å². The summed E-state index contributed by atoms with van der Waals surface area (Å²) in [7, 11) is 2.11. The number of halogens is 1. The first-order valence-corrected chi connectivity index (χ1v) is 11.0. The number of aliphatic imine (C=N–C) groups is 1. The predicted octanol–water partition coefficient (Wildman–Crippen LogP) is 6.17. The zero-order valence-electron chi connectivity index (χ0n) is 17.7. The maximum atomic E-state index is 12.5. The minimum absolute atomic E-state index is 0.0257. The Balaban J connectivity index is 1.63. The molecule has 1 amide bonds. The predicted molar refractivity (Wildman–Crippen MR) is 130 cm³/mol. The van der Waals surface area contributed by atoms with Gasteiger partial charge in [0.15, 0.2) is 5.17 Å². The Bertz CT molecular complexity index is 1150. The van der Waals surface area contributed by atoms with Crippen molar-refractivity contribution in [2.45, 2.75) is 33.2 Å². The van der Waals surface area contributed by atoms with Crippen molar-refractivity contribution in [2.75, 3.05) is 11.9 Å². The van der Waals surface area contributed by atoms with E-state index in [-0.39, 0.29) is 11.4 Å². The maximum absolute atomic E-state index is 12.5. The highest BCUT2D eigenvalue weighted by molar-refractivity contribution is 8.18. The van der Waals surface area contributed by atoms with Gasteiger partial charge in [0.05, 0.1) is 16.1 Å². The molecule has 2 heterocycles. The van der Waals surface area contributed by atoms with E-state index >= 15 is 0 Å². The van der Waals surface area contributed by atoms with Crippen molar-refractivity contribution in [2.24, 2.45) is 4.99 Å². The summed E-state index contributed by atoms with van der Waals surface area (Å²) in [6.07, 6.45) is 4.20. The molecule has 0 unspecified atom stereocenters. The third-order valence-electron chi connectivity index (χ3n) is 5.65. The second-order valence-electron chi connectivity index (χ2n) is 8.18. The van der Waals surface area contributed by atoms with Crippen LogP contribution in [0.2, 0.25) is 5.02 Å². The highest BCUT2D eigenvalue weighted by Gasteiger charge is 2.29. The molecule has 1 saturated heterocycles. The summed E-state index contributed by atoms with van der Waals surface area (Å²) >= 11 is 7.52. The Morgan fingerprint density at radius 2 is 1.97 bits per heavy atom. The molecule has 2 aromatic rings. The van der Waals surface area contributed by atoms with E-state index in [9.17, 15) is 4.79 Å². The number of rotatable bonds is 2. The fourth-order valence-corrected chi connectivity index (χ4v) is 4.73. The number of amides is 1. The average Bonchev–Trinajstić information content (AvgIpc) is 3.02. The van der Waals surface area contributed by atoms with Gasteiger partial charge in [-0.3, -0.25) is 4.79 Å². The number of carbonyl (C=O) groups is 1. The molecule has 2 aliphatic heterocycles. The van der Waals surface area contributed by atoms with Crippen molar-refractivity contribution in [1.29, 1.82) is 0 Å². The Hall–Kier alpha value is -2.50. The lowest BCUT2D eigenvalue weighted by molar-refractivity contribution is -0.115. The number of allylic oxidation sites excluding steroid dienone is 1. The van der Waals surface area contributed by atoms with Gasteiger partial charge in [-0.05, 0) is 86.5 Å². The molecule has 30 heavy (non-hydrogen) atoms. The molecule has 1 N–H and O–H groups in total. The van der Waals surface area contributed by atoms with Crippen LogP contribution in [0.3, 0.4) is 0 Å². The SMILES string of the molecule is CC1=CC(C)(C)N(C)c2ccc(/C=C3/SC(=Nc4cccc(Cl)c4C)NC3=O)cc21. The number of likely N-dealkylation sites (N-methyl/N-ethyl adjacent to an activating group) is 1. The van der Waals surface area contributed by atoms with E-state index < -0.39 is 0 Å². The third-order valence-corrected chi connectivity index (χ3v) is 6.97. The highest BCUT2D eigenvalue weighted by Crippen LogP contribution is 2.39. The monoisotopic (exact) mass is 437 g/mol. The van der Waals surface area contributed by atoms with Gasteiger partial charge in [-0.15, -0.1) is 0 Å². The molecule has 4 rings (SSSR count). The minimum Gasteiger partial charge on any atom is -0.366 e. The number of hydrogen-bond donors (Lipinski definition) is 1. The van der Waals surface area contributed by atoms with Crippen LogP contribution in [0.5, 0.6) is 0 Å². The Labute approximate surface area is 186 Å². The van der Waals surface area contributed by atoms with Crippen molar-refractivity contribution in [3.8, 4) is 0 Å². The minimum atomic E-state index is -0.137. The molecule has 0 bridgehead atoms. The van der Waals surface area contributed by atoms with Crippen LogP contribution in [-0.4, -0.2) is 23.7 Å². The van der Waals surface area contributed by atoms with Gasteiger partial charge in [0.1, 0.15) is 0 Å². The van der Waals surface area contributed by atoms with Crippen molar-refractivity contribution in [3.05, 3.63) is 69.1 Å². The van der Waals surface area contributed by atoms with Crippen LogP contribution >= 0.6 is 23.4 Å².